The van der Waals surface area contributed by atoms with E-state index in [4.69, 9.17) is 11.6 Å². The Labute approximate surface area is 114 Å². The van der Waals surface area contributed by atoms with Gasteiger partial charge >= 0.3 is 0 Å². The van der Waals surface area contributed by atoms with E-state index >= 15 is 0 Å². The highest BCUT2D eigenvalue weighted by molar-refractivity contribution is 14.1. The van der Waals surface area contributed by atoms with Crippen LogP contribution < -0.4 is 0 Å². The highest BCUT2D eigenvalue weighted by Gasteiger charge is 2.29. The summed E-state index contributed by atoms with van der Waals surface area (Å²) in [5.74, 6) is 0.0191. The van der Waals surface area contributed by atoms with Crippen molar-refractivity contribution in [3.05, 3.63) is 34.9 Å². The summed E-state index contributed by atoms with van der Waals surface area (Å²) in [7, 11) is -3.25. The van der Waals surface area contributed by atoms with Gasteiger partial charge in [0.05, 0.1) is 0 Å². The van der Waals surface area contributed by atoms with Crippen molar-refractivity contribution in [2.24, 2.45) is 0 Å². The molecule has 6 heteroatoms. The molecule has 0 amide bonds. The molecule has 0 saturated carbocycles. The molecule has 2 atom stereocenters. The molecule has 0 radical (unpaired) electrons. The summed E-state index contributed by atoms with van der Waals surface area (Å²) < 4.78 is 22.3. The van der Waals surface area contributed by atoms with Crippen molar-refractivity contribution < 1.29 is 13.5 Å². The zero-order chi connectivity index (χ0) is 12.3. The van der Waals surface area contributed by atoms with Crippen LogP contribution >= 0.6 is 34.2 Å². The van der Waals surface area contributed by atoms with E-state index in [1.807, 2.05) is 0 Å². The zero-order valence-electron chi connectivity index (χ0n) is 8.60. The summed E-state index contributed by atoms with van der Waals surface area (Å²) in [6.45, 7) is 1.57. The minimum absolute atomic E-state index is 0.0191. The van der Waals surface area contributed by atoms with Crippen LogP contribution in [0.25, 0.3) is 0 Å². The number of aliphatic hydroxyl groups excluding tert-OH is 1. The number of aliphatic hydroxyl groups is 1. The van der Waals surface area contributed by atoms with E-state index in [9.17, 15) is 13.5 Å². The second-order valence-corrected chi connectivity index (χ2v) is 8.33. The summed E-state index contributed by atoms with van der Waals surface area (Å²) in [6.07, 6.45) is -1.03. The molecule has 0 aliphatic rings. The van der Waals surface area contributed by atoms with Crippen molar-refractivity contribution in [1.82, 2.24) is 0 Å². The lowest BCUT2D eigenvalue weighted by Gasteiger charge is -2.17. The van der Waals surface area contributed by atoms with E-state index in [2.05, 4.69) is 0 Å². The Morgan fingerprint density at radius 3 is 2.31 bits per heavy atom. The monoisotopic (exact) mass is 374 g/mol. The lowest BCUT2D eigenvalue weighted by Crippen LogP contribution is -2.24. The van der Waals surface area contributed by atoms with E-state index < -0.39 is 19.2 Å². The summed E-state index contributed by atoms with van der Waals surface area (Å²) in [6, 6.07) is 6.51. The lowest BCUT2D eigenvalue weighted by atomic mass is 10.1. The van der Waals surface area contributed by atoms with Crippen LogP contribution in [0, 0.1) is 0 Å². The normalized spacial score (nSPS) is 15.8. The van der Waals surface area contributed by atoms with Gasteiger partial charge in [0.2, 0.25) is 0 Å². The fourth-order valence-corrected chi connectivity index (χ4v) is 3.66. The van der Waals surface area contributed by atoms with Gasteiger partial charge in [-0.25, -0.2) is 8.42 Å². The summed E-state index contributed by atoms with van der Waals surface area (Å²) >= 11 is 7.46. The molecule has 0 saturated heterocycles. The number of halogens is 2. The first-order valence-electron chi connectivity index (χ1n) is 4.67. The number of sulfone groups is 1. The van der Waals surface area contributed by atoms with Gasteiger partial charge in [-0.2, -0.15) is 0 Å². The predicted molar refractivity (Wildman–Crippen MR) is 73.7 cm³/mol. The molecule has 1 N–H and O–H groups in total. The van der Waals surface area contributed by atoms with Crippen LogP contribution in [0.3, 0.4) is 0 Å². The van der Waals surface area contributed by atoms with E-state index in [1.54, 1.807) is 53.8 Å². The third-order valence-corrected chi connectivity index (χ3v) is 7.21. The van der Waals surface area contributed by atoms with Crippen LogP contribution in [-0.2, 0) is 9.84 Å². The van der Waals surface area contributed by atoms with E-state index in [0.29, 0.717) is 10.6 Å². The largest absolute Gasteiger partial charge is 0.386 e. The second-order valence-electron chi connectivity index (χ2n) is 3.30. The molecule has 0 spiro atoms. The van der Waals surface area contributed by atoms with Gasteiger partial charge in [0, 0.05) is 10.8 Å². The smallest absolute Gasteiger partial charge is 0.164 e. The predicted octanol–water partition coefficient (Wildman–Crippen LogP) is 2.57. The average Bonchev–Trinajstić information content (AvgIpc) is 2.28. The Bertz CT molecular complexity index is 444. The fraction of sp³-hybridized carbons (Fsp3) is 0.400. The maximum absolute atomic E-state index is 11.6. The molecule has 0 heterocycles. The summed E-state index contributed by atoms with van der Waals surface area (Å²) in [5, 5.41) is 10.5. The van der Waals surface area contributed by atoms with Crippen LogP contribution in [-0.4, -0.2) is 22.5 Å². The third kappa shape index (κ3) is 3.32. The van der Waals surface area contributed by atoms with Gasteiger partial charge in [-0.15, -0.1) is 0 Å². The Kier molecular flexibility index (Phi) is 5.03. The Morgan fingerprint density at radius 2 is 1.88 bits per heavy atom. The van der Waals surface area contributed by atoms with Crippen molar-refractivity contribution in [3.63, 3.8) is 0 Å². The molecule has 3 nitrogen and oxygen atoms in total. The van der Waals surface area contributed by atoms with Gasteiger partial charge in [-0.3, -0.25) is 0 Å². The molecule has 0 aromatic heterocycles. The van der Waals surface area contributed by atoms with Crippen molar-refractivity contribution in [1.29, 1.82) is 0 Å². The molecular formula is C10H12ClIO3S. The Morgan fingerprint density at radius 1 is 1.38 bits per heavy atom. The molecule has 0 unspecified atom stereocenters. The lowest BCUT2D eigenvalue weighted by molar-refractivity contribution is 0.197. The molecule has 1 rings (SSSR count). The van der Waals surface area contributed by atoms with Crippen LogP contribution in [0.4, 0.5) is 0 Å². The van der Waals surface area contributed by atoms with E-state index in [1.165, 1.54) is 0 Å². The molecule has 1 aromatic rings. The molecule has 0 aliphatic heterocycles. The highest BCUT2D eigenvalue weighted by atomic mass is 127. The Balaban J connectivity index is 2.94. The maximum Gasteiger partial charge on any atom is 0.164 e. The first kappa shape index (κ1) is 14.2. The minimum atomic E-state index is -3.25. The van der Waals surface area contributed by atoms with Crippen LogP contribution in [0.15, 0.2) is 24.3 Å². The van der Waals surface area contributed by atoms with Crippen molar-refractivity contribution in [3.8, 4) is 0 Å². The van der Waals surface area contributed by atoms with Gasteiger partial charge in [-0.1, -0.05) is 53.2 Å². The third-order valence-electron chi connectivity index (χ3n) is 2.21. The van der Waals surface area contributed by atoms with Crippen molar-refractivity contribution >= 4 is 44.0 Å². The summed E-state index contributed by atoms with van der Waals surface area (Å²) in [4.78, 5) is 0. The van der Waals surface area contributed by atoms with Crippen molar-refractivity contribution in [2.75, 3.05) is 5.75 Å². The first-order valence-corrected chi connectivity index (χ1v) is 8.01. The fourth-order valence-electron chi connectivity index (χ4n) is 1.17. The molecule has 1 aromatic carbocycles. The number of hydrogen-bond donors (Lipinski definition) is 1. The molecule has 0 aliphatic carbocycles. The standard InChI is InChI=1S/C10H12ClIO3S/c1-2-16(14,15)10(12)9(13)7-3-5-8(11)6-4-7/h3-6,9-10,13H,2H2,1H3/t9-,10-/m1/s1. The van der Waals surface area contributed by atoms with Gasteiger partial charge < -0.3 is 5.11 Å². The van der Waals surface area contributed by atoms with E-state index in [0.717, 1.165) is 0 Å². The number of benzene rings is 1. The van der Waals surface area contributed by atoms with Crippen LogP contribution in [0.2, 0.25) is 5.02 Å². The highest BCUT2D eigenvalue weighted by Crippen LogP contribution is 2.28. The van der Waals surface area contributed by atoms with Gasteiger partial charge in [0.25, 0.3) is 0 Å². The van der Waals surface area contributed by atoms with Gasteiger partial charge in [0.1, 0.15) is 9.36 Å². The minimum Gasteiger partial charge on any atom is -0.386 e. The van der Waals surface area contributed by atoms with Crippen LogP contribution in [0.1, 0.15) is 18.6 Å². The molecule has 0 bridgehead atoms. The number of hydrogen-bond acceptors (Lipinski definition) is 3. The molecule has 0 fully saturated rings. The van der Waals surface area contributed by atoms with Crippen molar-refractivity contribution in [2.45, 2.75) is 16.3 Å². The maximum atomic E-state index is 11.6. The van der Waals surface area contributed by atoms with Crippen LogP contribution in [0.5, 0.6) is 0 Å². The number of rotatable bonds is 4. The second kappa shape index (κ2) is 5.66. The molecule has 90 valence electrons. The van der Waals surface area contributed by atoms with Gasteiger partial charge in [0.15, 0.2) is 9.84 Å². The molecular weight excluding hydrogens is 363 g/mol. The first-order chi connectivity index (χ1) is 7.38. The summed E-state index contributed by atoms with van der Waals surface area (Å²) in [5.41, 5.74) is 0.556. The van der Waals surface area contributed by atoms with E-state index in [-0.39, 0.29) is 5.75 Å². The Hall–Kier alpha value is 0.150. The quantitative estimate of drug-likeness (QED) is 0.651. The number of alkyl halides is 1. The van der Waals surface area contributed by atoms with Gasteiger partial charge in [-0.05, 0) is 17.7 Å². The average molecular weight is 375 g/mol. The zero-order valence-corrected chi connectivity index (χ0v) is 12.3. The topological polar surface area (TPSA) is 54.4 Å². The molecule has 16 heavy (non-hydrogen) atoms. The SMILES string of the molecule is CCS(=O)(=O)[C@@H](I)[C@H](O)c1ccc(Cl)cc1.